The molecular weight excluding hydrogens is 298 g/mol. The van der Waals surface area contributed by atoms with Gasteiger partial charge in [-0.1, -0.05) is 6.07 Å². The minimum atomic E-state index is -0.627. The van der Waals surface area contributed by atoms with Crippen molar-refractivity contribution in [3.05, 3.63) is 34.4 Å². The van der Waals surface area contributed by atoms with Gasteiger partial charge in [-0.15, -0.1) is 12.4 Å². The van der Waals surface area contributed by atoms with Gasteiger partial charge in [0.05, 0.1) is 11.0 Å². The summed E-state index contributed by atoms with van der Waals surface area (Å²) in [6.45, 7) is 1.23. The lowest BCUT2D eigenvalue weighted by molar-refractivity contribution is -0.384. The molecule has 1 saturated heterocycles. The number of hydrogen-bond acceptors (Lipinski definition) is 5. The summed E-state index contributed by atoms with van der Waals surface area (Å²) in [5, 5.41) is 13.3. The maximum Gasteiger partial charge on any atom is 0.271 e. The van der Waals surface area contributed by atoms with Gasteiger partial charge < -0.3 is 15.8 Å². The molecule has 0 saturated carbocycles. The summed E-state index contributed by atoms with van der Waals surface area (Å²) in [6.07, 6.45) is 1.51. The van der Waals surface area contributed by atoms with E-state index in [2.05, 4.69) is 5.32 Å². The Balaban J connectivity index is 0.00000220. The van der Waals surface area contributed by atoms with E-state index in [4.69, 9.17) is 10.5 Å². The minimum Gasteiger partial charge on any atom is -0.381 e. The fraction of sp³-hybridized carbons (Fsp3) is 0.462. The highest BCUT2D eigenvalue weighted by atomic mass is 35.5. The van der Waals surface area contributed by atoms with Crippen molar-refractivity contribution in [3.63, 3.8) is 0 Å². The molecule has 1 amide bonds. The van der Waals surface area contributed by atoms with E-state index in [9.17, 15) is 14.9 Å². The SMILES string of the molecule is Cl.NC(C(=O)Nc1cccc([N+](=O)[O-])c1)C1CCOCC1. The first-order valence-electron chi connectivity index (χ1n) is 6.46. The first kappa shape index (κ1) is 17.4. The number of rotatable bonds is 4. The number of nitrogens with one attached hydrogen (secondary N) is 1. The summed E-state index contributed by atoms with van der Waals surface area (Å²) in [5.74, 6) is -0.236. The van der Waals surface area contributed by atoms with Crippen LogP contribution in [0.5, 0.6) is 0 Å². The Hall–Kier alpha value is -1.70. The van der Waals surface area contributed by atoms with Gasteiger partial charge in [0.2, 0.25) is 5.91 Å². The minimum absolute atomic E-state index is 0. The number of carbonyl (C=O) groups excluding carboxylic acids is 1. The average molecular weight is 316 g/mol. The van der Waals surface area contributed by atoms with Crippen LogP contribution in [0.15, 0.2) is 24.3 Å². The zero-order valence-electron chi connectivity index (χ0n) is 11.4. The Bertz CT molecular complexity index is 506. The molecule has 1 heterocycles. The van der Waals surface area contributed by atoms with Gasteiger partial charge >= 0.3 is 0 Å². The van der Waals surface area contributed by atoms with E-state index in [1.54, 1.807) is 6.07 Å². The van der Waals surface area contributed by atoms with E-state index in [1.807, 2.05) is 0 Å². The lowest BCUT2D eigenvalue weighted by atomic mass is 9.92. The molecule has 7 nitrogen and oxygen atoms in total. The van der Waals surface area contributed by atoms with Crippen LogP contribution in [0.1, 0.15) is 12.8 Å². The molecular formula is C13H18ClN3O4. The van der Waals surface area contributed by atoms with E-state index in [-0.39, 0.29) is 29.9 Å². The van der Waals surface area contributed by atoms with Crippen molar-refractivity contribution in [2.45, 2.75) is 18.9 Å². The van der Waals surface area contributed by atoms with Crippen LogP contribution in [0.25, 0.3) is 0 Å². The maximum atomic E-state index is 12.0. The van der Waals surface area contributed by atoms with Gasteiger partial charge in [0.15, 0.2) is 0 Å². The van der Waals surface area contributed by atoms with Crippen LogP contribution in [0, 0.1) is 16.0 Å². The smallest absolute Gasteiger partial charge is 0.271 e. The number of nitro benzene ring substituents is 1. The van der Waals surface area contributed by atoms with Crippen LogP contribution in [0.3, 0.4) is 0 Å². The molecule has 1 aromatic rings. The van der Waals surface area contributed by atoms with Gasteiger partial charge in [0, 0.05) is 31.0 Å². The molecule has 2 rings (SSSR count). The molecule has 116 valence electrons. The number of carbonyl (C=O) groups is 1. The van der Waals surface area contributed by atoms with E-state index in [0.717, 1.165) is 12.8 Å². The molecule has 1 aliphatic heterocycles. The number of nitrogens with zero attached hydrogens (tertiary/aromatic N) is 1. The highest BCUT2D eigenvalue weighted by molar-refractivity contribution is 5.95. The van der Waals surface area contributed by atoms with Crippen LogP contribution in [0.4, 0.5) is 11.4 Å². The van der Waals surface area contributed by atoms with Crippen LogP contribution in [-0.2, 0) is 9.53 Å². The van der Waals surface area contributed by atoms with Crippen molar-refractivity contribution in [2.75, 3.05) is 18.5 Å². The predicted octanol–water partition coefficient (Wildman–Crippen LogP) is 1.71. The molecule has 0 radical (unpaired) electrons. The number of anilines is 1. The Labute approximate surface area is 128 Å². The molecule has 8 heteroatoms. The first-order chi connectivity index (χ1) is 9.58. The van der Waals surface area contributed by atoms with E-state index < -0.39 is 11.0 Å². The summed E-state index contributed by atoms with van der Waals surface area (Å²) in [5.41, 5.74) is 6.25. The summed E-state index contributed by atoms with van der Waals surface area (Å²) in [7, 11) is 0. The molecule has 21 heavy (non-hydrogen) atoms. The fourth-order valence-corrected chi connectivity index (χ4v) is 2.21. The van der Waals surface area contributed by atoms with Gasteiger partial charge in [-0.3, -0.25) is 14.9 Å². The van der Waals surface area contributed by atoms with Gasteiger partial charge in [0.1, 0.15) is 0 Å². The second kappa shape index (κ2) is 7.92. The molecule has 0 aromatic heterocycles. The molecule has 1 fully saturated rings. The lowest BCUT2D eigenvalue weighted by Gasteiger charge is -2.26. The Morgan fingerprint density at radius 1 is 1.43 bits per heavy atom. The Kier molecular flexibility index (Phi) is 6.54. The van der Waals surface area contributed by atoms with Gasteiger partial charge in [0.25, 0.3) is 5.69 Å². The summed E-state index contributed by atoms with van der Waals surface area (Å²) < 4.78 is 5.23. The quantitative estimate of drug-likeness (QED) is 0.649. The number of nitrogens with two attached hydrogens (primary N) is 1. The third kappa shape index (κ3) is 4.66. The number of ether oxygens (including phenoxy) is 1. The number of nitro groups is 1. The first-order valence-corrected chi connectivity index (χ1v) is 6.46. The number of benzene rings is 1. The van der Waals surface area contributed by atoms with E-state index >= 15 is 0 Å². The zero-order chi connectivity index (χ0) is 14.5. The second-order valence-corrected chi connectivity index (χ2v) is 4.77. The van der Waals surface area contributed by atoms with Crippen LogP contribution >= 0.6 is 12.4 Å². The predicted molar refractivity (Wildman–Crippen MR) is 80.5 cm³/mol. The van der Waals surface area contributed by atoms with Crippen molar-refractivity contribution in [1.29, 1.82) is 0 Å². The monoisotopic (exact) mass is 315 g/mol. The van der Waals surface area contributed by atoms with Crippen molar-refractivity contribution in [1.82, 2.24) is 0 Å². The van der Waals surface area contributed by atoms with Crippen LogP contribution < -0.4 is 11.1 Å². The number of non-ortho nitro benzene ring substituents is 1. The molecule has 0 aliphatic carbocycles. The fourth-order valence-electron chi connectivity index (χ4n) is 2.21. The second-order valence-electron chi connectivity index (χ2n) is 4.77. The van der Waals surface area contributed by atoms with Crippen LogP contribution in [-0.4, -0.2) is 30.1 Å². The summed E-state index contributed by atoms with van der Waals surface area (Å²) in [6, 6.07) is 5.18. The van der Waals surface area contributed by atoms with E-state index in [0.29, 0.717) is 18.9 Å². The van der Waals surface area contributed by atoms with Crippen molar-refractivity contribution in [2.24, 2.45) is 11.7 Å². The highest BCUT2D eigenvalue weighted by Gasteiger charge is 2.26. The van der Waals surface area contributed by atoms with Crippen LogP contribution in [0.2, 0.25) is 0 Å². The summed E-state index contributed by atoms with van der Waals surface area (Å²) >= 11 is 0. The number of hydrogen-bond donors (Lipinski definition) is 2. The molecule has 1 atom stereocenters. The average Bonchev–Trinajstić information content (AvgIpc) is 2.47. The Morgan fingerprint density at radius 3 is 2.71 bits per heavy atom. The largest absolute Gasteiger partial charge is 0.381 e. The lowest BCUT2D eigenvalue weighted by Crippen LogP contribution is -2.44. The van der Waals surface area contributed by atoms with E-state index in [1.165, 1.54) is 18.2 Å². The standard InChI is InChI=1S/C13H17N3O4.ClH/c14-12(9-4-6-20-7-5-9)13(17)15-10-2-1-3-11(8-10)16(18)19;/h1-3,8-9,12H,4-7,14H2,(H,15,17);1H. The highest BCUT2D eigenvalue weighted by Crippen LogP contribution is 2.20. The molecule has 3 N–H and O–H groups in total. The van der Waals surface area contributed by atoms with Crippen molar-refractivity contribution < 1.29 is 14.5 Å². The Morgan fingerprint density at radius 2 is 2.10 bits per heavy atom. The topological polar surface area (TPSA) is 107 Å². The summed E-state index contributed by atoms with van der Waals surface area (Å²) in [4.78, 5) is 22.2. The van der Waals surface area contributed by atoms with Gasteiger partial charge in [-0.05, 0) is 24.8 Å². The van der Waals surface area contributed by atoms with Gasteiger partial charge in [-0.25, -0.2) is 0 Å². The zero-order valence-corrected chi connectivity index (χ0v) is 12.2. The third-order valence-corrected chi connectivity index (χ3v) is 3.40. The molecule has 0 spiro atoms. The van der Waals surface area contributed by atoms with Crippen molar-refractivity contribution >= 4 is 29.7 Å². The van der Waals surface area contributed by atoms with Gasteiger partial charge in [-0.2, -0.15) is 0 Å². The molecule has 1 aliphatic rings. The molecule has 1 aromatic carbocycles. The number of amides is 1. The normalized spacial score (nSPS) is 16.6. The van der Waals surface area contributed by atoms with Crippen molar-refractivity contribution in [3.8, 4) is 0 Å². The third-order valence-electron chi connectivity index (χ3n) is 3.40. The molecule has 0 bridgehead atoms. The maximum absolute atomic E-state index is 12.0. The number of halogens is 1. The molecule has 1 unspecified atom stereocenters.